The predicted molar refractivity (Wildman–Crippen MR) is 22.4 cm³/mol. The third-order valence-corrected chi connectivity index (χ3v) is 0.365. The van der Waals surface area contributed by atoms with Crippen LogP contribution in [0.25, 0.3) is 0 Å². The zero-order valence-electron chi connectivity index (χ0n) is 3.86. The van der Waals surface area contributed by atoms with Crippen LogP contribution < -0.4 is 0 Å². The molecule has 7 heavy (non-hydrogen) atoms. The maximum absolute atomic E-state index is 9.60. The minimum Gasteiger partial charge on any atom is -0.478 e. The van der Waals surface area contributed by atoms with Gasteiger partial charge >= 0.3 is 5.97 Å². The SMILES string of the molecule is C=C(C)C(=O)O.[Cu]. The summed E-state index contributed by atoms with van der Waals surface area (Å²) < 4.78 is 0. The van der Waals surface area contributed by atoms with Gasteiger partial charge in [0.25, 0.3) is 0 Å². The number of hydrogen-bond acceptors (Lipinski definition) is 1. The first-order valence-electron chi connectivity index (χ1n) is 1.53. The first-order chi connectivity index (χ1) is 2.64. The molecule has 0 aromatic rings. The Morgan fingerprint density at radius 2 is 1.86 bits per heavy atom. The van der Waals surface area contributed by atoms with E-state index in [2.05, 4.69) is 6.58 Å². The quantitative estimate of drug-likeness (QED) is 0.439. The van der Waals surface area contributed by atoms with Gasteiger partial charge in [-0.3, -0.25) is 0 Å². The summed E-state index contributed by atoms with van der Waals surface area (Å²) in [7, 11) is 0. The van der Waals surface area contributed by atoms with Gasteiger partial charge in [-0.05, 0) is 6.92 Å². The molecule has 0 rings (SSSR count). The fourth-order valence-electron chi connectivity index (χ4n) is 0. The van der Waals surface area contributed by atoms with Crippen LogP contribution in [-0.2, 0) is 21.9 Å². The Balaban J connectivity index is 0. The van der Waals surface area contributed by atoms with Gasteiger partial charge in [-0.1, -0.05) is 6.58 Å². The second-order valence-electron chi connectivity index (χ2n) is 1.09. The van der Waals surface area contributed by atoms with Crippen molar-refractivity contribution < 1.29 is 27.0 Å². The number of rotatable bonds is 1. The summed E-state index contributed by atoms with van der Waals surface area (Å²) in [5.41, 5.74) is 0.176. The van der Waals surface area contributed by atoms with Gasteiger partial charge in [0.05, 0.1) is 0 Å². The van der Waals surface area contributed by atoms with Crippen LogP contribution in [0.4, 0.5) is 0 Å². The first-order valence-corrected chi connectivity index (χ1v) is 1.53. The largest absolute Gasteiger partial charge is 0.478 e. The summed E-state index contributed by atoms with van der Waals surface area (Å²) in [5, 5.41) is 7.89. The smallest absolute Gasteiger partial charge is 0.330 e. The van der Waals surface area contributed by atoms with Crippen molar-refractivity contribution >= 4 is 5.97 Å². The van der Waals surface area contributed by atoms with Crippen molar-refractivity contribution in [3.05, 3.63) is 12.2 Å². The van der Waals surface area contributed by atoms with Gasteiger partial charge in [0.1, 0.15) is 0 Å². The Labute approximate surface area is 52.7 Å². The van der Waals surface area contributed by atoms with Gasteiger partial charge in [0.15, 0.2) is 0 Å². The molecule has 45 valence electrons. The number of hydrogen-bond donors (Lipinski definition) is 1. The molecule has 2 nitrogen and oxygen atoms in total. The number of carboxylic acids is 1. The van der Waals surface area contributed by atoms with E-state index < -0.39 is 5.97 Å². The van der Waals surface area contributed by atoms with E-state index in [1.165, 1.54) is 6.92 Å². The average molecular weight is 150 g/mol. The minimum atomic E-state index is -0.935. The van der Waals surface area contributed by atoms with Crippen molar-refractivity contribution in [2.75, 3.05) is 0 Å². The van der Waals surface area contributed by atoms with E-state index in [1.54, 1.807) is 0 Å². The summed E-state index contributed by atoms with van der Waals surface area (Å²) >= 11 is 0. The molecule has 0 spiro atoms. The zero-order chi connectivity index (χ0) is 5.15. The van der Waals surface area contributed by atoms with Gasteiger partial charge in [0, 0.05) is 22.6 Å². The van der Waals surface area contributed by atoms with E-state index in [1.807, 2.05) is 0 Å². The van der Waals surface area contributed by atoms with Crippen LogP contribution in [0, 0.1) is 0 Å². The topological polar surface area (TPSA) is 37.3 Å². The average Bonchev–Trinajstić information content (AvgIpc) is 1.36. The fraction of sp³-hybridized carbons (Fsp3) is 0.250. The monoisotopic (exact) mass is 149 g/mol. The van der Waals surface area contributed by atoms with E-state index in [4.69, 9.17) is 5.11 Å². The van der Waals surface area contributed by atoms with E-state index >= 15 is 0 Å². The molecule has 0 saturated carbocycles. The molecule has 0 aromatic heterocycles. The Morgan fingerprint density at radius 1 is 1.71 bits per heavy atom. The zero-order valence-corrected chi connectivity index (χ0v) is 4.81. The van der Waals surface area contributed by atoms with Gasteiger partial charge in [-0.25, -0.2) is 4.79 Å². The molecule has 0 saturated heterocycles. The number of carbonyl (C=O) groups is 1. The van der Waals surface area contributed by atoms with Crippen LogP contribution in [0.1, 0.15) is 6.92 Å². The van der Waals surface area contributed by atoms with E-state index in [9.17, 15) is 4.79 Å². The van der Waals surface area contributed by atoms with Gasteiger partial charge in [-0.2, -0.15) is 0 Å². The van der Waals surface area contributed by atoms with Gasteiger partial charge in [0.2, 0.25) is 0 Å². The summed E-state index contributed by atoms with van der Waals surface area (Å²) in [6.45, 7) is 4.60. The summed E-state index contributed by atoms with van der Waals surface area (Å²) in [6, 6.07) is 0. The van der Waals surface area contributed by atoms with Crippen LogP contribution in [-0.4, -0.2) is 11.1 Å². The van der Waals surface area contributed by atoms with Crippen molar-refractivity contribution in [3.63, 3.8) is 0 Å². The maximum Gasteiger partial charge on any atom is 0.330 e. The van der Waals surface area contributed by atoms with Crippen LogP contribution in [0.5, 0.6) is 0 Å². The third-order valence-electron chi connectivity index (χ3n) is 0.365. The van der Waals surface area contributed by atoms with E-state index in [-0.39, 0.29) is 22.6 Å². The molecule has 0 heterocycles. The molecule has 0 unspecified atom stereocenters. The summed E-state index contributed by atoms with van der Waals surface area (Å²) in [6.07, 6.45) is 0. The van der Waals surface area contributed by atoms with Gasteiger partial charge < -0.3 is 5.11 Å². The first kappa shape index (κ1) is 9.88. The van der Waals surface area contributed by atoms with Crippen molar-refractivity contribution in [2.24, 2.45) is 0 Å². The van der Waals surface area contributed by atoms with Gasteiger partial charge in [-0.15, -0.1) is 0 Å². The fourth-order valence-corrected chi connectivity index (χ4v) is 0. The molecule has 0 bridgehead atoms. The Kier molecular flexibility index (Phi) is 5.51. The molecule has 0 aliphatic heterocycles. The van der Waals surface area contributed by atoms with Crippen LogP contribution in [0.3, 0.4) is 0 Å². The van der Waals surface area contributed by atoms with E-state index in [0.29, 0.717) is 0 Å². The van der Waals surface area contributed by atoms with E-state index in [0.717, 1.165) is 0 Å². The number of carboxylic acid groups (broad SMARTS) is 1. The molecule has 0 aliphatic carbocycles. The molecule has 0 aliphatic rings. The molecule has 0 fully saturated rings. The molecule has 1 radical (unpaired) electrons. The summed E-state index contributed by atoms with van der Waals surface area (Å²) in [4.78, 5) is 9.60. The second-order valence-corrected chi connectivity index (χ2v) is 1.09. The Hall–Kier alpha value is -0.271. The molecule has 3 heteroatoms. The standard InChI is InChI=1S/C4H6O2.Cu/c1-3(2)4(5)6;/h1H2,2H3,(H,5,6);. The normalized spacial score (nSPS) is 6.43. The number of aliphatic carboxylic acids is 1. The van der Waals surface area contributed by atoms with Crippen LogP contribution >= 0.6 is 0 Å². The van der Waals surface area contributed by atoms with Crippen LogP contribution in [0.2, 0.25) is 0 Å². The Bertz CT molecular complexity index is 75.7. The summed E-state index contributed by atoms with van der Waals surface area (Å²) in [5.74, 6) is -0.935. The molecule has 0 atom stereocenters. The third kappa shape index (κ3) is 5.73. The molecular formula is C4H6CuO2. The molecule has 0 aromatic carbocycles. The molecule has 1 N–H and O–H groups in total. The molecular weight excluding hydrogens is 144 g/mol. The second kappa shape index (κ2) is 3.90. The minimum absolute atomic E-state index is 0. The van der Waals surface area contributed by atoms with Crippen molar-refractivity contribution in [1.29, 1.82) is 0 Å². The maximum atomic E-state index is 9.60. The Morgan fingerprint density at radius 3 is 1.86 bits per heavy atom. The predicted octanol–water partition coefficient (Wildman–Crippen LogP) is 0.645. The van der Waals surface area contributed by atoms with Crippen molar-refractivity contribution in [2.45, 2.75) is 6.92 Å². The van der Waals surface area contributed by atoms with Crippen LogP contribution in [0.15, 0.2) is 12.2 Å². The molecule has 0 amide bonds. The van der Waals surface area contributed by atoms with Crippen molar-refractivity contribution in [3.8, 4) is 0 Å². The van der Waals surface area contributed by atoms with Crippen molar-refractivity contribution in [1.82, 2.24) is 0 Å².